The molecule has 8 nitrogen and oxygen atoms in total. The van der Waals surface area contributed by atoms with Crippen molar-refractivity contribution in [3.63, 3.8) is 0 Å². The Kier molecular flexibility index (Phi) is 6.87. The maximum Gasteiger partial charge on any atom is 0.262 e. The van der Waals surface area contributed by atoms with Gasteiger partial charge in [0.25, 0.3) is 5.88 Å². The van der Waals surface area contributed by atoms with E-state index in [0.717, 1.165) is 19.6 Å². The Labute approximate surface area is 168 Å². The zero-order valence-electron chi connectivity index (χ0n) is 15.7. The van der Waals surface area contributed by atoms with Crippen LogP contribution >= 0.6 is 11.6 Å². The average Bonchev–Trinajstić information content (AvgIpc) is 2.70. The van der Waals surface area contributed by atoms with Crippen molar-refractivity contribution in [2.45, 2.75) is 25.5 Å². The maximum absolute atomic E-state index is 8.96. The molecule has 1 fully saturated rings. The van der Waals surface area contributed by atoms with Gasteiger partial charge in [0.05, 0.1) is 48.8 Å². The molecule has 2 atom stereocenters. The number of halogens is 1. The Morgan fingerprint density at radius 2 is 2.32 bits per heavy atom. The number of ether oxygens (including phenoxy) is 3. The molecule has 3 rings (SSSR count). The van der Waals surface area contributed by atoms with Crippen LogP contribution in [0.15, 0.2) is 24.5 Å². The Morgan fingerprint density at radius 3 is 3.00 bits per heavy atom. The van der Waals surface area contributed by atoms with Gasteiger partial charge in [-0.25, -0.2) is 4.98 Å². The lowest BCUT2D eigenvalue weighted by Crippen LogP contribution is -2.43. The van der Waals surface area contributed by atoms with Crippen molar-refractivity contribution in [2.75, 3.05) is 32.2 Å². The molecule has 0 amide bonds. The minimum Gasteiger partial charge on any atom is -0.489 e. The van der Waals surface area contributed by atoms with Crippen LogP contribution < -0.4 is 20.1 Å². The summed E-state index contributed by atoms with van der Waals surface area (Å²) in [5, 5.41) is 15.9. The van der Waals surface area contributed by atoms with Crippen LogP contribution in [0.2, 0.25) is 5.02 Å². The van der Waals surface area contributed by atoms with Crippen LogP contribution in [0.3, 0.4) is 0 Å². The molecule has 1 aromatic heterocycles. The minimum absolute atomic E-state index is 0.102. The van der Waals surface area contributed by atoms with Crippen molar-refractivity contribution < 1.29 is 14.2 Å². The largest absolute Gasteiger partial charge is 0.489 e. The molecule has 28 heavy (non-hydrogen) atoms. The van der Waals surface area contributed by atoms with Crippen LogP contribution in [0.25, 0.3) is 0 Å². The van der Waals surface area contributed by atoms with Gasteiger partial charge in [0.2, 0.25) is 5.75 Å². The molecule has 0 saturated carbocycles. The third-order valence-electron chi connectivity index (χ3n) is 4.25. The molecule has 148 valence electrons. The number of aromatic nitrogens is 2. The zero-order chi connectivity index (χ0) is 19.9. The van der Waals surface area contributed by atoms with E-state index in [9.17, 15) is 0 Å². The van der Waals surface area contributed by atoms with Gasteiger partial charge in [-0.2, -0.15) is 10.2 Å². The highest BCUT2D eigenvalue weighted by atomic mass is 35.5. The van der Waals surface area contributed by atoms with Crippen LogP contribution in [0.4, 0.5) is 11.5 Å². The van der Waals surface area contributed by atoms with Gasteiger partial charge in [-0.3, -0.25) is 0 Å². The number of nitriles is 1. The summed E-state index contributed by atoms with van der Waals surface area (Å²) in [4.78, 5) is 8.44. The third kappa shape index (κ3) is 5.01. The summed E-state index contributed by atoms with van der Waals surface area (Å²) < 4.78 is 17.0. The number of nitrogens with one attached hydrogen (secondary N) is 2. The smallest absolute Gasteiger partial charge is 0.262 e. The molecule has 0 radical (unpaired) electrons. The second kappa shape index (κ2) is 9.55. The molecule has 0 spiro atoms. The topological polar surface area (TPSA) is 101 Å². The Morgan fingerprint density at radius 1 is 1.46 bits per heavy atom. The molecule has 2 aromatic rings. The van der Waals surface area contributed by atoms with E-state index in [4.69, 9.17) is 31.1 Å². The van der Waals surface area contributed by atoms with Gasteiger partial charge >= 0.3 is 0 Å². The van der Waals surface area contributed by atoms with Crippen molar-refractivity contribution >= 4 is 23.1 Å². The molecule has 1 aliphatic rings. The van der Waals surface area contributed by atoms with Gasteiger partial charge in [-0.15, -0.1) is 0 Å². The summed E-state index contributed by atoms with van der Waals surface area (Å²) in [5.41, 5.74) is 1.07. The zero-order valence-corrected chi connectivity index (χ0v) is 16.5. The highest BCUT2D eigenvalue weighted by Crippen LogP contribution is 2.35. The number of hydrogen-bond donors (Lipinski definition) is 2. The summed E-state index contributed by atoms with van der Waals surface area (Å²) in [7, 11) is 1.53. The number of rotatable bonds is 7. The quantitative estimate of drug-likeness (QED) is 0.727. The predicted octanol–water partition coefficient (Wildman–Crippen LogP) is 2.90. The molecule has 1 saturated heterocycles. The van der Waals surface area contributed by atoms with Crippen LogP contribution in [0, 0.1) is 11.3 Å². The molecule has 1 aromatic carbocycles. The Hall–Kier alpha value is -2.60. The number of hydrogen-bond acceptors (Lipinski definition) is 8. The maximum atomic E-state index is 8.96. The van der Waals surface area contributed by atoms with E-state index in [1.807, 2.05) is 13.0 Å². The van der Waals surface area contributed by atoms with Crippen LogP contribution in [0.1, 0.15) is 18.9 Å². The summed E-state index contributed by atoms with van der Waals surface area (Å²) in [6, 6.07) is 7.25. The average molecular weight is 404 g/mol. The highest BCUT2D eigenvalue weighted by molar-refractivity contribution is 6.33. The number of benzene rings is 1. The summed E-state index contributed by atoms with van der Waals surface area (Å²) in [5.74, 6) is 1.14. The molecule has 2 unspecified atom stereocenters. The highest BCUT2D eigenvalue weighted by Gasteiger charge is 2.21. The SMILES string of the molecule is COc1c(Nc2ccc(C#N)cc2Cl)ncnc1OC(C)CC1COCCN1. The first kappa shape index (κ1) is 20.1. The molecule has 2 heterocycles. The van der Waals surface area contributed by atoms with E-state index >= 15 is 0 Å². The van der Waals surface area contributed by atoms with Gasteiger partial charge < -0.3 is 24.8 Å². The third-order valence-corrected chi connectivity index (χ3v) is 4.57. The summed E-state index contributed by atoms with van der Waals surface area (Å²) >= 11 is 6.24. The first-order valence-corrected chi connectivity index (χ1v) is 9.32. The summed E-state index contributed by atoms with van der Waals surface area (Å²) in [6.07, 6.45) is 2.07. The van der Waals surface area contributed by atoms with E-state index in [0.29, 0.717) is 40.3 Å². The van der Waals surface area contributed by atoms with Crippen molar-refractivity contribution in [3.8, 4) is 17.7 Å². The lowest BCUT2D eigenvalue weighted by Gasteiger charge is -2.26. The van der Waals surface area contributed by atoms with E-state index < -0.39 is 0 Å². The molecule has 1 aliphatic heterocycles. The van der Waals surface area contributed by atoms with Crippen molar-refractivity contribution in [3.05, 3.63) is 35.1 Å². The predicted molar refractivity (Wildman–Crippen MR) is 105 cm³/mol. The second-order valence-electron chi connectivity index (χ2n) is 6.38. The summed E-state index contributed by atoms with van der Waals surface area (Å²) in [6.45, 7) is 4.22. The molecule has 9 heteroatoms. The fraction of sp³-hybridized carbons (Fsp3) is 0.421. The molecule has 0 bridgehead atoms. The monoisotopic (exact) mass is 403 g/mol. The van der Waals surface area contributed by atoms with Crippen LogP contribution in [-0.4, -0.2) is 49.0 Å². The molecular weight excluding hydrogens is 382 g/mol. The minimum atomic E-state index is -0.102. The Bertz CT molecular complexity index is 852. The van der Waals surface area contributed by atoms with Gasteiger partial charge in [0.15, 0.2) is 5.82 Å². The van der Waals surface area contributed by atoms with Crippen LogP contribution in [-0.2, 0) is 4.74 Å². The standard InChI is InChI=1S/C19H22ClN5O3/c1-12(7-14-10-27-6-5-22-14)28-19-17(26-2)18(23-11-24-19)25-16-4-3-13(9-21)8-15(16)20/h3-4,8,11-12,14,22H,5-7,10H2,1-2H3,(H,23,24,25). The second-order valence-corrected chi connectivity index (χ2v) is 6.79. The number of nitrogens with zero attached hydrogens (tertiary/aromatic N) is 3. The fourth-order valence-corrected chi connectivity index (χ4v) is 3.17. The van der Waals surface area contributed by atoms with Gasteiger partial charge in [0.1, 0.15) is 6.33 Å². The Balaban J connectivity index is 1.74. The lowest BCUT2D eigenvalue weighted by molar-refractivity contribution is 0.0585. The number of morpholine rings is 1. The van der Waals surface area contributed by atoms with Crippen LogP contribution in [0.5, 0.6) is 11.6 Å². The van der Waals surface area contributed by atoms with Crippen molar-refractivity contribution in [1.82, 2.24) is 15.3 Å². The first-order chi connectivity index (χ1) is 13.6. The van der Waals surface area contributed by atoms with E-state index in [1.54, 1.807) is 18.2 Å². The van der Waals surface area contributed by atoms with Gasteiger partial charge in [-0.05, 0) is 25.1 Å². The van der Waals surface area contributed by atoms with E-state index in [1.165, 1.54) is 13.4 Å². The van der Waals surface area contributed by atoms with Gasteiger partial charge in [0, 0.05) is 19.0 Å². The number of methoxy groups -OCH3 is 1. The molecule has 2 N–H and O–H groups in total. The van der Waals surface area contributed by atoms with E-state index in [-0.39, 0.29) is 12.1 Å². The first-order valence-electron chi connectivity index (χ1n) is 8.94. The van der Waals surface area contributed by atoms with E-state index in [2.05, 4.69) is 20.6 Å². The normalized spacial score (nSPS) is 17.4. The molecular formula is C19H22ClN5O3. The van der Waals surface area contributed by atoms with Crippen molar-refractivity contribution in [2.24, 2.45) is 0 Å². The fourth-order valence-electron chi connectivity index (χ4n) is 2.94. The number of anilines is 2. The molecule has 0 aliphatic carbocycles. The van der Waals surface area contributed by atoms with Gasteiger partial charge in [-0.1, -0.05) is 11.6 Å². The van der Waals surface area contributed by atoms with Crippen molar-refractivity contribution in [1.29, 1.82) is 5.26 Å². The lowest BCUT2D eigenvalue weighted by atomic mass is 10.1.